The van der Waals surface area contributed by atoms with Gasteiger partial charge in [0.15, 0.2) is 5.65 Å². The number of carbonyl (C=O) groups is 2. The lowest BCUT2D eigenvalue weighted by molar-refractivity contribution is -0.114. The molecule has 3 heterocycles. The van der Waals surface area contributed by atoms with E-state index >= 15 is 0 Å². The van der Waals surface area contributed by atoms with Gasteiger partial charge < -0.3 is 9.88 Å². The summed E-state index contributed by atoms with van der Waals surface area (Å²) in [7, 11) is 3.24. The van der Waals surface area contributed by atoms with Crippen LogP contribution in [0.3, 0.4) is 0 Å². The minimum atomic E-state index is -0.704. The number of hydrogen-bond acceptors (Lipinski definition) is 6. The Morgan fingerprint density at radius 1 is 1.07 bits per heavy atom. The zero-order valence-corrected chi connectivity index (χ0v) is 24.8. The van der Waals surface area contributed by atoms with Crippen molar-refractivity contribution in [2.24, 2.45) is 13.0 Å². The number of rotatable bonds is 9. The second-order valence-electron chi connectivity index (χ2n) is 11.4. The number of anilines is 1. The number of aromatic amines is 2. The number of halogens is 1. The summed E-state index contributed by atoms with van der Waals surface area (Å²) in [5.74, 6) is -1.49. The SMILES string of the molecule is Cc1nn(C)c(C)c1C(=O)C(=O)N(C)c1ccc(C(Cc2ccccc2F)c2nc3c([nH]2)c(=O)[nH]c(=O)n3CC2CC2)cc1. The van der Waals surface area contributed by atoms with Gasteiger partial charge in [-0.3, -0.25) is 28.6 Å². The van der Waals surface area contributed by atoms with Crippen LogP contribution in [0.5, 0.6) is 0 Å². The number of nitrogens with zero attached hydrogens (tertiary/aromatic N) is 5. The van der Waals surface area contributed by atoms with E-state index in [0.29, 0.717) is 40.9 Å². The largest absolute Gasteiger partial charge is 0.336 e. The molecule has 1 amide bonds. The highest BCUT2D eigenvalue weighted by molar-refractivity contribution is 6.47. The summed E-state index contributed by atoms with van der Waals surface area (Å²) in [5.41, 5.74) is 2.40. The summed E-state index contributed by atoms with van der Waals surface area (Å²) in [5, 5.41) is 4.24. The molecule has 2 N–H and O–H groups in total. The molecule has 5 aromatic rings. The average molecular weight is 598 g/mol. The first-order valence-corrected chi connectivity index (χ1v) is 14.4. The Hall–Kier alpha value is -5.13. The number of carbonyl (C=O) groups excluding carboxylic acids is 2. The summed E-state index contributed by atoms with van der Waals surface area (Å²) in [6.45, 7) is 3.89. The van der Waals surface area contributed by atoms with E-state index in [-0.39, 0.29) is 29.0 Å². The average Bonchev–Trinajstić information content (AvgIpc) is 3.65. The predicted molar refractivity (Wildman–Crippen MR) is 163 cm³/mol. The lowest BCUT2D eigenvalue weighted by Crippen LogP contribution is -2.33. The molecular weight excluding hydrogens is 565 g/mol. The topological polar surface area (TPSA) is 139 Å². The van der Waals surface area contributed by atoms with Crippen LogP contribution in [0.2, 0.25) is 0 Å². The highest BCUT2D eigenvalue weighted by atomic mass is 19.1. The van der Waals surface area contributed by atoms with Crippen LogP contribution in [0.15, 0.2) is 58.1 Å². The Kier molecular flexibility index (Phi) is 7.36. The highest BCUT2D eigenvalue weighted by Crippen LogP contribution is 2.32. The van der Waals surface area contributed by atoms with Gasteiger partial charge in [-0.15, -0.1) is 0 Å². The molecule has 1 unspecified atom stereocenters. The van der Waals surface area contributed by atoms with Crippen LogP contribution in [0.1, 0.15) is 57.5 Å². The third-order valence-corrected chi connectivity index (χ3v) is 8.42. The molecule has 6 rings (SSSR count). The predicted octanol–water partition coefficient (Wildman–Crippen LogP) is 3.53. The second kappa shape index (κ2) is 11.2. The van der Waals surface area contributed by atoms with E-state index in [9.17, 15) is 23.6 Å². The smallest absolute Gasteiger partial charge is 0.330 e. The summed E-state index contributed by atoms with van der Waals surface area (Å²) in [6, 6.07) is 13.4. The molecule has 0 saturated heterocycles. The molecule has 1 aliphatic rings. The molecule has 11 nitrogen and oxygen atoms in total. The maximum absolute atomic E-state index is 14.8. The number of aromatic nitrogens is 6. The van der Waals surface area contributed by atoms with Gasteiger partial charge in [-0.2, -0.15) is 5.10 Å². The first-order chi connectivity index (χ1) is 21.0. The van der Waals surface area contributed by atoms with Crippen LogP contribution in [-0.2, 0) is 24.8 Å². The Morgan fingerprint density at radius 3 is 2.41 bits per heavy atom. The van der Waals surface area contributed by atoms with Crippen LogP contribution in [0.25, 0.3) is 11.2 Å². The molecule has 0 spiro atoms. The molecule has 0 bridgehead atoms. The number of hydrogen-bond donors (Lipinski definition) is 2. The Labute approximate surface area is 251 Å². The van der Waals surface area contributed by atoms with Crippen LogP contribution in [-0.4, -0.2) is 48.0 Å². The summed E-state index contributed by atoms with van der Waals surface area (Å²) >= 11 is 0. The van der Waals surface area contributed by atoms with E-state index in [1.807, 2.05) is 0 Å². The van der Waals surface area contributed by atoms with Gasteiger partial charge in [0, 0.05) is 37.9 Å². The van der Waals surface area contributed by atoms with Gasteiger partial charge in [0.05, 0.1) is 11.3 Å². The van der Waals surface area contributed by atoms with Gasteiger partial charge in [-0.25, -0.2) is 14.2 Å². The summed E-state index contributed by atoms with van der Waals surface area (Å²) in [6.07, 6.45) is 2.23. The van der Waals surface area contributed by atoms with Crippen molar-refractivity contribution in [1.29, 1.82) is 0 Å². The van der Waals surface area contributed by atoms with Gasteiger partial charge in [-0.05, 0) is 68.4 Å². The van der Waals surface area contributed by atoms with Crippen molar-refractivity contribution in [2.75, 3.05) is 11.9 Å². The maximum Gasteiger partial charge on any atom is 0.330 e. The third kappa shape index (κ3) is 5.27. The first kappa shape index (κ1) is 29.0. The van der Waals surface area contributed by atoms with Gasteiger partial charge in [-0.1, -0.05) is 30.3 Å². The maximum atomic E-state index is 14.8. The van der Waals surface area contributed by atoms with Gasteiger partial charge in [0.2, 0.25) is 0 Å². The number of ketones is 1. The van der Waals surface area contributed by atoms with Gasteiger partial charge >= 0.3 is 5.69 Å². The fraction of sp³-hybridized carbons (Fsp3) is 0.312. The minimum absolute atomic E-state index is 0.181. The molecule has 2 aromatic carbocycles. The van der Waals surface area contributed by atoms with Crippen molar-refractivity contribution in [3.05, 3.63) is 109 Å². The Morgan fingerprint density at radius 2 is 1.77 bits per heavy atom. The quantitative estimate of drug-likeness (QED) is 0.197. The van der Waals surface area contributed by atoms with Crippen LogP contribution >= 0.6 is 0 Å². The standard InChI is InChI=1S/C32H32FN7O4/c1-17-25(18(2)39(4)37-17)27(41)31(43)38(3)22-13-11-20(12-14-22)23(15-21-7-5-6-8-24(21)33)28-34-26-29(35-28)40(16-19-9-10-19)32(44)36-30(26)42/h5-8,11-14,19,23H,9-10,15-16H2,1-4H3,(H,34,35)(H,36,42,44). The van der Waals surface area contributed by atoms with Crippen LogP contribution in [0, 0.1) is 25.6 Å². The van der Waals surface area contributed by atoms with Gasteiger partial charge in [0.25, 0.3) is 17.2 Å². The highest BCUT2D eigenvalue weighted by Gasteiger charge is 2.29. The first-order valence-electron chi connectivity index (χ1n) is 14.4. The van der Waals surface area contributed by atoms with E-state index < -0.39 is 28.9 Å². The molecule has 0 aliphatic heterocycles. The third-order valence-electron chi connectivity index (χ3n) is 8.42. The molecule has 1 fully saturated rings. The van der Waals surface area contributed by atoms with E-state index in [1.165, 1.54) is 22.6 Å². The molecule has 1 aliphatic carbocycles. The zero-order valence-electron chi connectivity index (χ0n) is 24.8. The zero-order chi connectivity index (χ0) is 31.3. The molecule has 44 heavy (non-hydrogen) atoms. The number of benzene rings is 2. The van der Waals surface area contributed by atoms with E-state index in [4.69, 9.17) is 4.98 Å². The van der Waals surface area contributed by atoms with Crippen LogP contribution < -0.4 is 16.1 Å². The summed E-state index contributed by atoms with van der Waals surface area (Å²) < 4.78 is 17.9. The van der Waals surface area contributed by atoms with Crippen molar-refractivity contribution < 1.29 is 14.0 Å². The number of nitrogens with one attached hydrogen (secondary N) is 2. The number of amides is 1. The van der Waals surface area contributed by atoms with E-state index in [1.54, 1.807) is 68.0 Å². The van der Waals surface area contributed by atoms with Crippen molar-refractivity contribution in [2.45, 2.75) is 45.6 Å². The van der Waals surface area contributed by atoms with Crippen molar-refractivity contribution >= 4 is 28.5 Å². The summed E-state index contributed by atoms with van der Waals surface area (Å²) in [4.78, 5) is 63.2. The minimum Gasteiger partial charge on any atom is -0.336 e. The lowest BCUT2D eigenvalue weighted by Gasteiger charge is -2.20. The molecular formula is C32H32FN7O4. The number of aryl methyl sites for hydroxylation is 2. The Bertz CT molecular complexity index is 2030. The number of H-pyrrole nitrogens is 2. The fourth-order valence-corrected chi connectivity index (χ4v) is 5.62. The molecule has 0 radical (unpaired) electrons. The number of imidazole rings is 1. The number of likely N-dealkylation sites (N-methyl/N-ethyl adjacent to an activating group) is 1. The Balaban J connectivity index is 1.36. The fourth-order valence-electron chi connectivity index (χ4n) is 5.62. The van der Waals surface area contributed by atoms with E-state index in [0.717, 1.165) is 18.4 Å². The van der Waals surface area contributed by atoms with E-state index in [2.05, 4.69) is 15.1 Å². The molecule has 1 atom stereocenters. The molecule has 226 valence electrons. The van der Waals surface area contributed by atoms with Crippen molar-refractivity contribution in [3.8, 4) is 0 Å². The number of fused-ring (bicyclic) bond motifs is 1. The van der Waals surface area contributed by atoms with Crippen molar-refractivity contribution in [1.82, 2.24) is 29.3 Å². The normalized spacial score (nSPS) is 13.8. The van der Waals surface area contributed by atoms with Crippen molar-refractivity contribution in [3.63, 3.8) is 0 Å². The molecule has 1 saturated carbocycles. The lowest BCUT2D eigenvalue weighted by atomic mass is 9.91. The monoisotopic (exact) mass is 597 g/mol. The molecule has 3 aromatic heterocycles. The van der Waals surface area contributed by atoms with Gasteiger partial charge in [0.1, 0.15) is 17.2 Å². The van der Waals surface area contributed by atoms with Crippen LogP contribution in [0.4, 0.5) is 10.1 Å². The number of Topliss-reactive ketones (excluding diaryl/α,β-unsaturated/α-hetero) is 1. The second-order valence-corrected chi connectivity index (χ2v) is 11.4. The molecule has 12 heteroatoms.